The predicted octanol–water partition coefficient (Wildman–Crippen LogP) is 2.00. The summed E-state index contributed by atoms with van der Waals surface area (Å²) in [5.41, 5.74) is 3.85. The summed E-state index contributed by atoms with van der Waals surface area (Å²) in [7, 11) is -3.62. The third kappa shape index (κ3) is 4.49. The molecule has 2 fully saturated rings. The van der Waals surface area contributed by atoms with Gasteiger partial charge >= 0.3 is 0 Å². The number of nitrogens with one attached hydrogen (secondary N) is 1. The van der Waals surface area contributed by atoms with E-state index in [1.54, 1.807) is 12.1 Å². The van der Waals surface area contributed by atoms with Gasteiger partial charge in [-0.1, -0.05) is 13.0 Å². The van der Waals surface area contributed by atoms with Crippen LogP contribution in [0.3, 0.4) is 0 Å². The number of nitrogens with zero attached hydrogens (tertiary/aromatic N) is 2. The Hall–Kier alpha value is -1.77. The SMILES string of the molecule is C[C@@H]1CCC/C(=N/NC(=O)c2cccc(S(=O)(=O)N3CCOCC3)c2)C1. The highest BCUT2D eigenvalue weighted by Gasteiger charge is 2.26. The van der Waals surface area contributed by atoms with Crippen molar-refractivity contribution in [3.63, 3.8) is 0 Å². The smallest absolute Gasteiger partial charge is 0.271 e. The summed E-state index contributed by atoms with van der Waals surface area (Å²) in [4.78, 5) is 12.5. The molecule has 0 unspecified atom stereocenters. The quantitative estimate of drug-likeness (QED) is 0.811. The zero-order valence-electron chi connectivity index (χ0n) is 15.0. The fourth-order valence-electron chi connectivity index (χ4n) is 3.29. The first-order valence-corrected chi connectivity index (χ1v) is 10.4. The van der Waals surface area contributed by atoms with Crippen LogP contribution in [-0.2, 0) is 14.8 Å². The van der Waals surface area contributed by atoms with Crippen LogP contribution in [0.15, 0.2) is 34.3 Å². The zero-order chi connectivity index (χ0) is 18.6. The summed E-state index contributed by atoms with van der Waals surface area (Å²) in [6.45, 7) is 3.59. The normalized spacial score (nSPS) is 23.7. The van der Waals surface area contributed by atoms with Crippen molar-refractivity contribution >= 4 is 21.6 Å². The van der Waals surface area contributed by atoms with Crippen LogP contribution in [0.5, 0.6) is 0 Å². The van der Waals surface area contributed by atoms with Gasteiger partial charge in [0.15, 0.2) is 0 Å². The van der Waals surface area contributed by atoms with Gasteiger partial charge in [-0.2, -0.15) is 9.41 Å². The first kappa shape index (κ1) is 19.0. The Morgan fingerprint density at radius 3 is 2.81 bits per heavy atom. The molecule has 1 amide bonds. The van der Waals surface area contributed by atoms with E-state index in [1.807, 2.05) is 0 Å². The van der Waals surface area contributed by atoms with E-state index in [9.17, 15) is 13.2 Å². The number of hydrogen-bond acceptors (Lipinski definition) is 5. The molecule has 1 heterocycles. The Kier molecular flexibility index (Phi) is 6.05. The molecule has 0 bridgehead atoms. The van der Waals surface area contributed by atoms with Crippen molar-refractivity contribution in [2.24, 2.45) is 11.0 Å². The van der Waals surface area contributed by atoms with E-state index >= 15 is 0 Å². The van der Waals surface area contributed by atoms with Crippen LogP contribution in [0.4, 0.5) is 0 Å². The number of hydrazone groups is 1. The molecule has 8 heteroatoms. The van der Waals surface area contributed by atoms with Gasteiger partial charge in [-0.05, 0) is 49.8 Å². The second kappa shape index (κ2) is 8.28. The van der Waals surface area contributed by atoms with Gasteiger partial charge in [0.05, 0.1) is 18.1 Å². The Morgan fingerprint density at radius 1 is 1.31 bits per heavy atom. The fourth-order valence-corrected chi connectivity index (χ4v) is 4.75. The number of ether oxygens (including phenoxy) is 1. The third-order valence-electron chi connectivity index (χ3n) is 4.77. The molecular weight excluding hydrogens is 354 g/mol. The molecule has 142 valence electrons. The van der Waals surface area contributed by atoms with Crippen LogP contribution in [0.2, 0.25) is 0 Å². The number of hydrogen-bond donors (Lipinski definition) is 1. The van der Waals surface area contributed by atoms with Crippen LogP contribution < -0.4 is 5.43 Å². The summed E-state index contributed by atoms with van der Waals surface area (Å²) < 4.78 is 32.0. The summed E-state index contributed by atoms with van der Waals surface area (Å²) >= 11 is 0. The number of sulfonamides is 1. The maximum Gasteiger partial charge on any atom is 0.271 e. The average Bonchev–Trinajstić information content (AvgIpc) is 2.67. The van der Waals surface area contributed by atoms with Crippen LogP contribution >= 0.6 is 0 Å². The summed E-state index contributed by atoms with van der Waals surface area (Å²) in [6, 6.07) is 6.09. The first-order valence-electron chi connectivity index (χ1n) is 9.00. The van der Waals surface area contributed by atoms with Crippen LogP contribution in [0.25, 0.3) is 0 Å². The third-order valence-corrected chi connectivity index (χ3v) is 6.66. The van der Waals surface area contributed by atoms with Crippen molar-refractivity contribution in [1.82, 2.24) is 9.73 Å². The van der Waals surface area contributed by atoms with E-state index in [-0.39, 0.29) is 10.5 Å². The fraction of sp³-hybridized carbons (Fsp3) is 0.556. The molecule has 7 nitrogen and oxygen atoms in total. The minimum absolute atomic E-state index is 0.117. The summed E-state index contributed by atoms with van der Waals surface area (Å²) in [6.07, 6.45) is 4.07. The molecule has 0 radical (unpaired) electrons. The van der Waals surface area contributed by atoms with E-state index < -0.39 is 15.9 Å². The number of rotatable bonds is 4. The lowest BCUT2D eigenvalue weighted by Gasteiger charge is -2.26. The molecule has 2 aliphatic rings. The maximum atomic E-state index is 12.7. The van der Waals surface area contributed by atoms with Gasteiger partial charge in [0.25, 0.3) is 5.91 Å². The second-order valence-electron chi connectivity index (χ2n) is 6.86. The van der Waals surface area contributed by atoms with Gasteiger partial charge in [-0.15, -0.1) is 0 Å². The average molecular weight is 379 g/mol. The molecule has 0 spiro atoms. The lowest BCUT2D eigenvalue weighted by atomic mass is 9.89. The van der Waals surface area contributed by atoms with Crippen molar-refractivity contribution in [2.45, 2.75) is 37.5 Å². The lowest BCUT2D eigenvalue weighted by molar-refractivity contribution is 0.0730. The molecule has 3 rings (SSSR count). The molecule has 1 atom stereocenters. The molecule has 1 aliphatic carbocycles. The Morgan fingerprint density at radius 2 is 2.08 bits per heavy atom. The van der Waals surface area contributed by atoms with Crippen molar-refractivity contribution in [3.8, 4) is 0 Å². The van der Waals surface area contributed by atoms with Gasteiger partial charge in [0.1, 0.15) is 0 Å². The van der Waals surface area contributed by atoms with Crippen molar-refractivity contribution < 1.29 is 17.9 Å². The van der Waals surface area contributed by atoms with Crippen LogP contribution in [-0.4, -0.2) is 50.6 Å². The maximum absolute atomic E-state index is 12.7. The Balaban J connectivity index is 1.72. The second-order valence-corrected chi connectivity index (χ2v) is 8.80. The lowest BCUT2D eigenvalue weighted by Crippen LogP contribution is -2.40. The van der Waals surface area contributed by atoms with Crippen molar-refractivity contribution in [2.75, 3.05) is 26.3 Å². The molecule has 0 aromatic heterocycles. The predicted molar refractivity (Wildman–Crippen MR) is 98.6 cm³/mol. The van der Waals surface area contributed by atoms with Gasteiger partial charge in [0.2, 0.25) is 10.0 Å². The highest BCUT2D eigenvalue weighted by atomic mass is 32.2. The molecular formula is C18H25N3O4S. The molecule has 26 heavy (non-hydrogen) atoms. The van der Waals surface area contributed by atoms with E-state index in [0.29, 0.717) is 32.2 Å². The molecule has 1 aromatic carbocycles. The Labute approximate surface area is 154 Å². The standard InChI is InChI=1S/C18H25N3O4S/c1-14-4-2-6-16(12-14)19-20-18(22)15-5-3-7-17(13-15)26(23,24)21-8-10-25-11-9-21/h3,5,7,13-14H,2,4,6,8-12H2,1H3,(H,20,22)/b19-16-/t14-/m1/s1. The largest absolute Gasteiger partial charge is 0.379 e. The first-order chi connectivity index (χ1) is 12.5. The number of benzene rings is 1. The van der Waals surface area contributed by atoms with Crippen molar-refractivity contribution in [3.05, 3.63) is 29.8 Å². The van der Waals surface area contributed by atoms with Crippen LogP contribution in [0.1, 0.15) is 43.0 Å². The highest BCUT2D eigenvalue weighted by Crippen LogP contribution is 2.21. The summed E-state index contributed by atoms with van der Waals surface area (Å²) in [5.74, 6) is 0.191. The number of carbonyl (C=O) groups is 1. The Bertz CT molecular complexity index is 785. The minimum Gasteiger partial charge on any atom is -0.379 e. The number of amides is 1. The number of morpholine rings is 1. The van der Waals surface area contributed by atoms with Gasteiger partial charge in [0, 0.05) is 24.4 Å². The van der Waals surface area contributed by atoms with Gasteiger partial charge < -0.3 is 4.74 Å². The minimum atomic E-state index is -3.62. The van der Waals surface area contributed by atoms with E-state index in [1.165, 1.54) is 22.9 Å². The van der Waals surface area contributed by atoms with Crippen LogP contribution in [0, 0.1) is 5.92 Å². The van der Waals surface area contributed by atoms with E-state index in [4.69, 9.17) is 4.74 Å². The molecule has 1 saturated carbocycles. The van der Waals surface area contributed by atoms with Gasteiger partial charge in [-0.3, -0.25) is 4.79 Å². The molecule has 1 aliphatic heterocycles. The zero-order valence-corrected chi connectivity index (χ0v) is 15.8. The highest BCUT2D eigenvalue weighted by molar-refractivity contribution is 7.89. The number of carbonyl (C=O) groups excluding carboxylic acids is 1. The molecule has 1 saturated heterocycles. The monoisotopic (exact) mass is 379 g/mol. The van der Waals surface area contributed by atoms with E-state index in [2.05, 4.69) is 17.5 Å². The topological polar surface area (TPSA) is 88.1 Å². The molecule has 1 N–H and O–H groups in total. The molecule has 1 aromatic rings. The van der Waals surface area contributed by atoms with Gasteiger partial charge in [-0.25, -0.2) is 13.8 Å². The van der Waals surface area contributed by atoms with Crippen molar-refractivity contribution in [1.29, 1.82) is 0 Å². The summed E-state index contributed by atoms with van der Waals surface area (Å²) in [5, 5.41) is 4.23. The van der Waals surface area contributed by atoms with E-state index in [0.717, 1.165) is 25.0 Å².